The largest absolute Gasteiger partial charge is 0.481 e. The van der Waals surface area contributed by atoms with Gasteiger partial charge in [0.25, 0.3) is 5.56 Å². The molecule has 3 heterocycles. The summed E-state index contributed by atoms with van der Waals surface area (Å²) in [5.74, 6) is 0.477. The lowest BCUT2D eigenvalue weighted by molar-refractivity contribution is 0.398. The summed E-state index contributed by atoms with van der Waals surface area (Å²) in [6, 6.07) is 3.40. The second kappa shape index (κ2) is 4.56. The van der Waals surface area contributed by atoms with Gasteiger partial charge in [0.05, 0.1) is 24.5 Å². The van der Waals surface area contributed by atoms with E-state index < -0.39 is 0 Å². The molecule has 6 nitrogen and oxygen atoms in total. The van der Waals surface area contributed by atoms with Gasteiger partial charge in [0.2, 0.25) is 5.88 Å². The minimum absolute atomic E-state index is 0.201. The van der Waals surface area contributed by atoms with Crippen molar-refractivity contribution in [2.45, 2.75) is 0 Å². The molecule has 19 heavy (non-hydrogen) atoms. The lowest BCUT2D eigenvalue weighted by Gasteiger charge is -2.06. The zero-order chi connectivity index (χ0) is 13.4. The van der Waals surface area contributed by atoms with E-state index in [0.29, 0.717) is 21.9 Å². The molecule has 0 bridgehead atoms. The molecule has 0 unspecified atom stereocenters. The van der Waals surface area contributed by atoms with Crippen molar-refractivity contribution in [1.29, 1.82) is 0 Å². The molecule has 0 radical (unpaired) electrons. The Kier molecular flexibility index (Phi) is 2.88. The van der Waals surface area contributed by atoms with E-state index in [1.165, 1.54) is 29.2 Å². The smallest absolute Gasteiger partial charge is 0.278 e. The number of methoxy groups -OCH3 is 1. The summed E-state index contributed by atoms with van der Waals surface area (Å²) in [6.07, 6.45) is 1.54. The lowest BCUT2D eigenvalue weighted by atomic mass is 10.4. The molecule has 0 saturated carbocycles. The summed E-state index contributed by atoms with van der Waals surface area (Å²) in [7, 11) is 1.53. The first-order chi connectivity index (χ1) is 9.20. The van der Waals surface area contributed by atoms with Crippen molar-refractivity contribution < 1.29 is 4.74 Å². The number of pyridine rings is 1. The molecule has 0 aliphatic carbocycles. The average Bonchev–Trinajstić information content (AvgIpc) is 2.88. The third-order valence-electron chi connectivity index (χ3n) is 2.58. The number of thiazole rings is 1. The Morgan fingerprint density at radius 3 is 2.95 bits per heavy atom. The number of ether oxygens (including phenoxy) is 1. The van der Waals surface area contributed by atoms with Crippen LogP contribution in [-0.2, 0) is 0 Å². The van der Waals surface area contributed by atoms with Gasteiger partial charge in [-0.05, 0) is 18.3 Å². The second-order valence-electron chi connectivity index (χ2n) is 3.66. The first-order valence-electron chi connectivity index (χ1n) is 5.29. The van der Waals surface area contributed by atoms with Gasteiger partial charge >= 0.3 is 0 Å². The lowest BCUT2D eigenvalue weighted by Crippen LogP contribution is -2.19. The van der Waals surface area contributed by atoms with E-state index in [4.69, 9.17) is 17.0 Å². The van der Waals surface area contributed by atoms with Gasteiger partial charge in [-0.1, -0.05) is 0 Å². The molecular formula is C11H8N4O2S2. The van der Waals surface area contributed by atoms with Crippen LogP contribution in [0, 0.1) is 4.77 Å². The number of hydrogen-bond donors (Lipinski definition) is 1. The van der Waals surface area contributed by atoms with Gasteiger partial charge in [0.15, 0.2) is 10.4 Å². The van der Waals surface area contributed by atoms with E-state index in [1.54, 1.807) is 17.6 Å². The first-order valence-corrected chi connectivity index (χ1v) is 6.58. The first kappa shape index (κ1) is 12.0. The number of hydrogen-bond acceptors (Lipinski definition) is 6. The normalized spacial score (nSPS) is 10.8. The molecule has 8 heteroatoms. The van der Waals surface area contributed by atoms with E-state index >= 15 is 0 Å². The Bertz CT molecular complexity index is 847. The fourth-order valence-corrected chi connectivity index (χ4v) is 2.65. The highest BCUT2D eigenvalue weighted by atomic mass is 32.1. The molecule has 3 rings (SSSR count). The molecule has 0 fully saturated rings. The van der Waals surface area contributed by atoms with Gasteiger partial charge in [0.1, 0.15) is 4.70 Å². The molecule has 96 valence electrons. The highest BCUT2D eigenvalue weighted by Gasteiger charge is 2.09. The average molecular weight is 292 g/mol. The van der Waals surface area contributed by atoms with Gasteiger partial charge in [-0.15, -0.1) is 11.3 Å². The summed E-state index contributed by atoms with van der Waals surface area (Å²) in [5, 5.41) is 0. The van der Waals surface area contributed by atoms with Crippen molar-refractivity contribution in [1.82, 2.24) is 19.5 Å². The molecule has 0 spiro atoms. The van der Waals surface area contributed by atoms with Crippen LogP contribution in [0.2, 0.25) is 0 Å². The Morgan fingerprint density at radius 1 is 1.42 bits per heavy atom. The van der Waals surface area contributed by atoms with Gasteiger partial charge < -0.3 is 9.72 Å². The van der Waals surface area contributed by atoms with E-state index in [2.05, 4.69) is 15.0 Å². The molecule has 0 amide bonds. The van der Waals surface area contributed by atoms with E-state index in [9.17, 15) is 4.79 Å². The van der Waals surface area contributed by atoms with Crippen molar-refractivity contribution >= 4 is 33.9 Å². The van der Waals surface area contributed by atoms with Gasteiger partial charge in [0, 0.05) is 6.07 Å². The maximum absolute atomic E-state index is 12.4. The second-order valence-corrected chi connectivity index (χ2v) is 4.90. The molecule has 0 aliphatic heterocycles. The Labute approximate surface area is 116 Å². The Balaban J connectivity index is 2.29. The molecular weight excluding hydrogens is 284 g/mol. The van der Waals surface area contributed by atoms with Crippen LogP contribution >= 0.6 is 23.6 Å². The van der Waals surface area contributed by atoms with Crippen LogP contribution in [0.3, 0.4) is 0 Å². The van der Waals surface area contributed by atoms with E-state index in [0.717, 1.165) is 0 Å². The van der Waals surface area contributed by atoms with Gasteiger partial charge in [-0.2, -0.15) is 0 Å². The molecule has 3 aromatic rings. The van der Waals surface area contributed by atoms with Crippen molar-refractivity contribution in [2.24, 2.45) is 0 Å². The third kappa shape index (κ3) is 1.94. The minimum Gasteiger partial charge on any atom is -0.481 e. The van der Waals surface area contributed by atoms with E-state index in [1.807, 2.05) is 0 Å². The molecule has 0 aromatic carbocycles. The topological polar surface area (TPSA) is 72.8 Å². The number of H-pyrrole nitrogens is 1. The van der Waals surface area contributed by atoms with Crippen molar-refractivity contribution in [3.63, 3.8) is 0 Å². The highest BCUT2D eigenvalue weighted by molar-refractivity contribution is 7.71. The summed E-state index contributed by atoms with van der Waals surface area (Å²) in [4.78, 5) is 23.4. The van der Waals surface area contributed by atoms with Crippen LogP contribution in [0.5, 0.6) is 5.88 Å². The molecule has 1 N–H and O–H groups in total. The van der Waals surface area contributed by atoms with Crippen molar-refractivity contribution in [2.75, 3.05) is 7.11 Å². The van der Waals surface area contributed by atoms with Crippen LogP contribution < -0.4 is 10.3 Å². The van der Waals surface area contributed by atoms with Crippen LogP contribution in [0.1, 0.15) is 0 Å². The number of aromatic nitrogens is 4. The van der Waals surface area contributed by atoms with Crippen molar-refractivity contribution in [3.05, 3.63) is 39.0 Å². The number of fused-ring (bicyclic) bond motifs is 1. The van der Waals surface area contributed by atoms with E-state index in [-0.39, 0.29) is 10.3 Å². The molecule has 0 aliphatic rings. The number of aromatic amines is 1. The molecule has 0 atom stereocenters. The van der Waals surface area contributed by atoms with Crippen LogP contribution in [0.4, 0.5) is 0 Å². The number of rotatable bonds is 2. The zero-order valence-corrected chi connectivity index (χ0v) is 11.4. The summed E-state index contributed by atoms with van der Waals surface area (Å²) >= 11 is 6.46. The van der Waals surface area contributed by atoms with Gasteiger partial charge in [-0.3, -0.25) is 9.36 Å². The summed E-state index contributed by atoms with van der Waals surface area (Å²) in [5.41, 5.74) is 2.50. The maximum Gasteiger partial charge on any atom is 0.278 e. The zero-order valence-electron chi connectivity index (χ0n) is 9.78. The summed E-state index contributed by atoms with van der Waals surface area (Å²) < 4.78 is 7.19. The van der Waals surface area contributed by atoms with Crippen LogP contribution in [0.25, 0.3) is 16.0 Å². The third-order valence-corrected chi connectivity index (χ3v) is 3.68. The molecule has 3 aromatic heterocycles. The molecule has 0 saturated heterocycles. The quantitative estimate of drug-likeness (QED) is 0.730. The predicted octanol–water partition coefficient (Wildman–Crippen LogP) is 1.91. The van der Waals surface area contributed by atoms with Gasteiger partial charge in [-0.25, -0.2) is 9.97 Å². The standard InChI is InChI=1S/C11H8N4O2S2/c1-17-7-3-2-6(4-12-7)15-10(16)8-9(13-5-19-8)14-11(15)18/h2-5H,1H3,(H,14,18). The van der Waals surface area contributed by atoms with Crippen LogP contribution in [-0.4, -0.2) is 26.6 Å². The predicted molar refractivity (Wildman–Crippen MR) is 74.7 cm³/mol. The Morgan fingerprint density at radius 2 is 2.26 bits per heavy atom. The van der Waals surface area contributed by atoms with Crippen molar-refractivity contribution in [3.8, 4) is 11.6 Å². The number of nitrogens with one attached hydrogen (secondary N) is 1. The maximum atomic E-state index is 12.4. The Hall–Kier alpha value is -2.06. The fourth-order valence-electron chi connectivity index (χ4n) is 1.70. The SMILES string of the molecule is COc1ccc(-n2c(=S)[nH]c3ncsc3c2=O)cn1. The minimum atomic E-state index is -0.201. The summed E-state index contributed by atoms with van der Waals surface area (Å²) in [6.45, 7) is 0. The monoisotopic (exact) mass is 292 g/mol. The highest BCUT2D eigenvalue weighted by Crippen LogP contribution is 2.14. The fraction of sp³-hybridized carbons (Fsp3) is 0.0909. The van der Waals surface area contributed by atoms with Crippen LogP contribution in [0.15, 0.2) is 28.6 Å². The number of nitrogens with zero attached hydrogens (tertiary/aromatic N) is 3.